The van der Waals surface area contributed by atoms with Crippen LogP contribution in [-0.2, 0) is 16.6 Å². The number of aromatic nitrogens is 2. The van der Waals surface area contributed by atoms with Gasteiger partial charge >= 0.3 is 0 Å². The van der Waals surface area contributed by atoms with Crippen LogP contribution in [0.3, 0.4) is 0 Å². The standard InChI is InChI=1S/C15H20N4O4S/c1-5-17(4)24(22,23)15-11(2)16-18(12(15)3)10-13-7-6-8-14(9-13)19(20)21/h6-9H,5,10H2,1-4H3. The number of hydrogen-bond donors (Lipinski definition) is 0. The molecule has 2 rings (SSSR count). The second-order valence-corrected chi connectivity index (χ2v) is 7.49. The topological polar surface area (TPSA) is 98.3 Å². The molecule has 130 valence electrons. The second kappa shape index (κ2) is 6.70. The van der Waals surface area contributed by atoms with Crippen molar-refractivity contribution in [3.63, 3.8) is 0 Å². The first kappa shape index (κ1) is 18.1. The van der Waals surface area contributed by atoms with Gasteiger partial charge in [0.1, 0.15) is 4.90 Å². The third-order valence-corrected chi connectivity index (χ3v) is 6.07. The molecule has 0 atom stereocenters. The lowest BCUT2D eigenvalue weighted by atomic mass is 10.2. The SMILES string of the molecule is CCN(C)S(=O)(=O)c1c(C)nn(Cc2cccc([N+](=O)[O-])c2)c1C. The normalized spacial score (nSPS) is 11.9. The zero-order valence-electron chi connectivity index (χ0n) is 14.1. The van der Waals surface area contributed by atoms with Gasteiger partial charge in [-0.15, -0.1) is 0 Å². The van der Waals surface area contributed by atoms with Gasteiger partial charge in [-0.25, -0.2) is 12.7 Å². The first-order chi connectivity index (χ1) is 11.2. The molecular weight excluding hydrogens is 332 g/mol. The van der Waals surface area contributed by atoms with Gasteiger partial charge in [0.2, 0.25) is 10.0 Å². The molecule has 9 heteroatoms. The van der Waals surface area contributed by atoms with E-state index in [1.165, 1.54) is 23.5 Å². The highest BCUT2D eigenvalue weighted by atomic mass is 32.2. The van der Waals surface area contributed by atoms with Crippen LogP contribution in [-0.4, -0.2) is 41.0 Å². The van der Waals surface area contributed by atoms with Crippen molar-refractivity contribution in [3.05, 3.63) is 51.3 Å². The number of rotatable bonds is 6. The fraction of sp³-hybridized carbons (Fsp3) is 0.400. The third kappa shape index (κ3) is 3.31. The summed E-state index contributed by atoms with van der Waals surface area (Å²) in [7, 11) is -2.08. The molecular formula is C15H20N4O4S. The van der Waals surface area contributed by atoms with Crippen molar-refractivity contribution in [2.24, 2.45) is 0 Å². The number of sulfonamides is 1. The van der Waals surface area contributed by atoms with Crippen LogP contribution in [0.2, 0.25) is 0 Å². The molecule has 0 aliphatic carbocycles. The van der Waals surface area contributed by atoms with Gasteiger partial charge in [0.25, 0.3) is 5.69 Å². The van der Waals surface area contributed by atoms with E-state index < -0.39 is 14.9 Å². The summed E-state index contributed by atoms with van der Waals surface area (Å²) in [6, 6.07) is 6.22. The minimum absolute atomic E-state index is 0.00686. The lowest BCUT2D eigenvalue weighted by Crippen LogP contribution is -2.27. The first-order valence-corrected chi connectivity index (χ1v) is 8.86. The molecule has 1 heterocycles. The Hall–Kier alpha value is -2.26. The summed E-state index contributed by atoms with van der Waals surface area (Å²) in [6.45, 7) is 5.72. The molecule has 8 nitrogen and oxygen atoms in total. The third-order valence-electron chi connectivity index (χ3n) is 3.88. The molecule has 0 N–H and O–H groups in total. The quantitative estimate of drug-likeness (QED) is 0.585. The van der Waals surface area contributed by atoms with E-state index in [0.29, 0.717) is 23.5 Å². The summed E-state index contributed by atoms with van der Waals surface area (Å²) in [6.07, 6.45) is 0. The van der Waals surface area contributed by atoms with Gasteiger partial charge in [-0.3, -0.25) is 14.8 Å². The van der Waals surface area contributed by atoms with Crippen LogP contribution in [0.25, 0.3) is 0 Å². The number of aryl methyl sites for hydroxylation is 1. The summed E-state index contributed by atoms with van der Waals surface area (Å²) in [4.78, 5) is 10.6. The zero-order valence-corrected chi connectivity index (χ0v) is 14.9. The Bertz CT molecular complexity index is 874. The predicted octanol–water partition coefficient (Wildman–Crippen LogP) is 2.10. The molecule has 0 unspecified atom stereocenters. The van der Waals surface area contributed by atoms with Gasteiger partial charge in [-0.2, -0.15) is 5.10 Å². The van der Waals surface area contributed by atoms with Crippen LogP contribution in [0.4, 0.5) is 5.69 Å². The molecule has 0 amide bonds. The number of hydrogen-bond acceptors (Lipinski definition) is 5. The van der Waals surface area contributed by atoms with Crippen molar-refractivity contribution >= 4 is 15.7 Å². The van der Waals surface area contributed by atoms with Crippen LogP contribution in [0, 0.1) is 24.0 Å². The van der Waals surface area contributed by atoms with Crippen molar-refractivity contribution in [1.82, 2.24) is 14.1 Å². The van der Waals surface area contributed by atoms with E-state index in [1.54, 1.807) is 37.6 Å². The van der Waals surface area contributed by atoms with Crippen LogP contribution in [0.5, 0.6) is 0 Å². The van der Waals surface area contributed by atoms with Crippen LogP contribution in [0.15, 0.2) is 29.2 Å². The van der Waals surface area contributed by atoms with E-state index in [1.807, 2.05) is 0 Å². The minimum atomic E-state index is -3.60. The number of nitro groups is 1. The Morgan fingerprint density at radius 1 is 1.33 bits per heavy atom. The summed E-state index contributed by atoms with van der Waals surface area (Å²) >= 11 is 0. The number of nitro benzene ring substituents is 1. The van der Waals surface area contributed by atoms with E-state index in [0.717, 1.165) is 0 Å². The maximum absolute atomic E-state index is 12.6. The Balaban J connectivity index is 2.43. The van der Waals surface area contributed by atoms with Gasteiger partial charge in [0.05, 0.1) is 22.9 Å². The van der Waals surface area contributed by atoms with Crippen molar-refractivity contribution < 1.29 is 13.3 Å². The number of nitrogens with zero attached hydrogens (tertiary/aromatic N) is 4. The molecule has 2 aromatic rings. The maximum atomic E-state index is 12.6. The van der Waals surface area contributed by atoms with E-state index in [-0.39, 0.29) is 17.1 Å². The van der Waals surface area contributed by atoms with Crippen molar-refractivity contribution in [2.45, 2.75) is 32.2 Å². The minimum Gasteiger partial charge on any atom is -0.264 e. The molecule has 0 aliphatic heterocycles. The van der Waals surface area contributed by atoms with Gasteiger partial charge in [-0.1, -0.05) is 19.1 Å². The molecule has 0 fully saturated rings. The van der Waals surface area contributed by atoms with Crippen molar-refractivity contribution in [2.75, 3.05) is 13.6 Å². The smallest absolute Gasteiger partial charge is 0.264 e. The predicted molar refractivity (Wildman–Crippen MR) is 89.4 cm³/mol. The molecule has 0 aliphatic rings. The number of non-ortho nitro benzene ring substituents is 1. The van der Waals surface area contributed by atoms with Crippen molar-refractivity contribution in [1.29, 1.82) is 0 Å². The second-order valence-electron chi connectivity index (χ2n) is 5.50. The van der Waals surface area contributed by atoms with E-state index in [2.05, 4.69) is 5.10 Å². The summed E-state index contributed by atoms with van der Waals surface area (Å²) in [5, 5.41) is 15.2. The highest BCUT2D eigenvalue weighted by Crippen LogP contribution is 2.24. The Kier molecular flexibility index (Phi) is 5.05. The Labute approximate surface area is 140 Å². The highest BCUT2D eigenvalue weighted by molar-refractivity contribution is 7.89. The van der Waals surface area contributed by atoms with Crippen molar-refractivity contribution in [3.8, 4) is 0 Å². The van der Waals surface area contributed by atoms with Crippen LogP contribution >= 0.6 is 0 Å². The maximum Gasteiger partial charge on any atom is 0.269 e. The van der Waals surface area contributed by atoms with Gasteiger partial charge in [-0.05, 0) is 19.4 Å². The zero-order chi connectivity index (χ0) is 18.1. The fourth-order valence-electron chi connectivity index (χ4n) is 2.47. The van der Waals surface area contributed by atoms with E-state index in [4.69, 9.17) is 0 Å². The summed E-state index contributed by atoms with van der Waals surface area (Å²) in [5.74, 6) is 0. The lowest BCUT2D eigenvalue weighted by molar-refractivity contribution is -0.384. The molecule has 0 bridgehead atoms. The monoisotopic (exact) mass is 352 g/mol. The lowest BCUT2D eigenvalue weighted by Gasteiger charge is -2.15. The molecule has 0 radical (unpaired) electrons. The molecule has 1 aromatic heterocycles. The van der Waals surface area contributed by atoms with Crippen LogP contribution in [0.1, 0.15) is 23.9 Å². The average molecular weight is 352 g/mol. The fourth-order valence-corrected chi connectivity index (χ4v) is 4.02. The van der Waals surface area contributed by atoms with E-state index in [9.17, 15) is 18.5 Å². The largest absolute Gasteiger partial charge is 0.269 e. The Morgan fingerprint density at radius 3 is 2.58 bits per heavy atom. The van der Waals surface area contributed by atoms with E-state index >= 15 is 0 Å². The first-order valence-electron chi connectivity index (χ1n) is 7.42. The molecule has 0 spiro atoms. The Morgan fingerprint density at radius 2 is 2.00 bits per heavy atom. The van der Waals surface area contributed by atoms with Gasteiger partial charge in [0, 0.05) is 25.7 Å². The average Bonchev–Trinajstić information content (AvgIpc) is 2.81. The van der Waals surface area contributed by atoms with Gasteiger partial charge < -0.3 is 0 Å². The summed E-state index contributed by atoms with van der Waals surface area (Å²) in [5.41, 5.74) is 1.60. The molecule has 0 saturated carbocycles. The molecule has 0 saturated heterocycles. The highest BCUT2D eigenvalue weighted by Gasteiger charge is 2.27. The molecule has 1 aromatic carbocycles. The van der Waals surface area contributed by atoms with Gasteiger partial charge in [0.15, 0.2) is 0 Å². The van der Waals surface area contributed by atoms with Crippen LogP contribution < -0.4 is 0 Å². The number of benzene rings is 1. The molecule has 24 heavy (non-hydrogen) atoms. The summed E-state index contributed by atoms with van der Waals surface area (Å²) < 4.78 is 28.0.